The van der Waals surface area contributed by atoms with E-state index >= 15 is 0 Å². The maximum Gasteiger partial charge on any atom is 0.191 e. The van der Waals surface area contributed by atoms with Crippen LogP contribution in [0, 0.1) is 5.82 Å². The van der Waals surface area contributed by atoms with Crippen molar-refractivity contribution in [2.75, 3.05) is 33.4 Å². The lowest BCUT2D eigenvalue weighted by molar-refractivity contribution is 0.0513. The second-order valence-electron chi connectivity index (χ2n) is 5.49. The summed E-state index contributed by atoms with van der Waals surface area (Å²) in [6, 6.07) is 6.80. The normalized spacial score (nSPS) is 17.0. The average molecular weight is 433 g/mol. The molecule has 0 spiro atoms. The Morgan fingerprint density at radius 1 is 1.30 bits per heavy atom. The minimum Gasteiger partial charge on any atom is -0.381 e. The first-order valence-electron chi connectivity index (χ1n) is 7.59. The van der Waals surface area contributed by atoms with E-state index in [2.05, 4.69) is 22.2 Å². The van der Waals surface area contributed by atoms with E-state index in [0.29, 0.717) is 6.54 Å². The minimum absolute atomic E-state index is 0. The largest absolute Gasteiger partial charge is 0.381 e. The summed E-state index contributed by atoms with van der Waals surface area (Å²) in [4.78, 5) is 4.20. The Labute approximate surface area is 154 Å². The Kier molecular flexibility index (Phi) is 8.54. The van der Waals surface area contributed by atoms with Crippen LogP contribution in [-0.2, 0) is 10.2 Å². The number of hydrogen-bond donors (Lipinski definition) is 2. The third-order valence-electron chi connectivity index (χ3n) is 4.14. The Morgan fingerprint density at radius 3 is 2.52 bits per heavy atom. The summed E-state index contributed by atoms with van der Waals surface area (Å²) in [6.07, 6.45) is 3.60. The number of benzene rings is 1. The molecule has 0 aromatic heterocycles. The van der Waals surface area contributed by atoms with Crippen molar-refractivity contribution in [3.63, 3.8) is 0 Å². The van der Waals surface area contributed by atoms with Crippen LogP contribution in [0.25, 0.3) is 0 Å². The minimum atomic E-state index is -0.206. The van der Waals surface area contributed by atoms with Gasteiger partial charge in [-0.1, -0.05) is 18.2 Å². The smallest absolute Gasteiger partial charge is 0.191 e. The van der Waals surface area contributed by atoms with Crippen LogP contribution in [0.1, 0.15) is 18.4 Å². The summed E-state index contributed by atoms with van der Waals surface area (Å²) in [5.41, 5.74) is 1.08. The molecule has 1 saturated heterocycles. The van der Waals surface area contributed by atoms with Crippen LogP contribution < -0.4 is 10.6 Å². The molecule has 1 fully saturated rings. The van der Waals surface area contributed by atoms with Crippen LogP contribution in [-0.4, -0.2) is 39.3 Å². The molecule has 1 aromatic rings. The first kappa shape index (κ1) is 19.9. The monoisotopic (exact) mass is 433 g/mol. The number of hydrogen-bond acceptors (Lipinski definition) is 2. The van der Waals surface area contributed by atoms with E-state index in [4.69, 9.17) is 4.74 Å². The molecule has 2 N–H and O–H groups in total. The van der Waals surface area contributed by atoms with Gasteiger partial charge in [0.25, 0.3) is 0 Å². The van der Waals surface area contributed by atoms with E-state index < -0.39 is 0 Å². The summed E-state index contributed by atoms with van der Waals surface area (Å²) in [5, 5.41) is 6.54. The third-order valence-corrected chi connectivity index (χ3v) is 4.14. The van der Waals surface area contributed by atoms with Crippen LogP contribution in [0.2, 0.25) is 0 Å². The highest BCUT2D eigenvalue weighted by Gasteiger charge is 2.34. The van der Waals surface area contributed by atoms with Crippen molar-refractivity contribution < 1.29 is 9.13 Å². The lowest BCUT2D eigenvalue weighted by Crippen LogP contribution is -2.48. The van der Waals surface area contributed by atoms with Gasteiger partial charge < -0.3 is 15.4 Å². The molecule has 0 atom stereocenters. The zero-order valence-electron chi connectivity index (χ0n) is 13.5. The molecule has 1 aliphatic rings. The predicted octanol–water partition coefficient (Wildman–Crippen LogP) is 2.84. The second-order valence-corrected chi connectivity index (χ2v) is 5.49. The molecule has 4 nitrogen and oxygen atoms in total. The highest BCUT2D eigenvalue weighted by molar-refractivity contribution is 14.0. The molecule has 2 rings (SSSR count). The Bertz CT molecular complexity index is 513. The Morgan fingerprint density at radius 2 is 1.96 bits per heavy atom. The average Bonchev–Trinajstić information content (AvgIpc) is 2.56. The number of aliphatic imine (C=N–C) groups is 1. The van der Waals surface area contributed by atoms with E-state index in [1.165, 1.54) is 12.1 Å². The highest BCUT2D eigenvalue weighted by Crippen LogP contribution is 2.34. The van der Waals surface area contributed by atoms with E-state index in [0.717, 1.165) is 44.1 Å². The van der Waals surface area contributed by atoms with Gasteiger partial charge in [0.15, 0.2) is 5.96 Å². The number of rotatable bonds is 5. The number of halogens is 2. The maximum absolute atomic E-state index is 13.2. The van der Waals surface area contributed by atoms with Gasteiger partial charge in [0.1, 0.15) is 5.82 Å². The van der Waals surface area contributed by atoms with Gasteiger partial charge in [0.2, 0.25) is 0 Å². The third kappa shape index (κ3) is 5.46. The van der Waals surface area contributed by atoms with Crippen molar-refractivity contribution in [1.29, 1.82) is 0 Å². The van der Waals surface area contributed by atoms with Gasteiger partial charge in [-0.3, -0.25) is 4.99 Å². The SMILES string of the molecule is C=CCNC(=NC)NCC1(c2ccc(F)cc2)CCOCC1.I. The van der Waals surface area contributed by atoms with Gasteiger partial charge >= 0.3 is 0 Å². The summed E-state index contributed by atoms with van der Waals surface area (Å²) >= 11 is 0. The van der Waals surface area contributed by atoms with Crippen LogP contribution >= 0.6 is 24.0 Å². The van der Waals surface area contributed by atoms with Crippen molar-refractivity contribution in [3.8, 4) is 0 Å². The first-order chi connectivity index (χ1) is 10.7. The number of nitrogens with one attached hydrogen (secondary N) is 2. The molecule has 6 heteroatoms. The molecule has 1 heterocycles. The fourth-order valence-electron chi connectivity index (χ4n) is 2.78. The molecule has 0 radical (unpaired) electrons. The molecule has 1 aliphatic heterocycles. The fraction of sp³-hybridized carbons (Fsp3) is 0.471. The summed E-state index contributed by atoms with van der Waals surface area (Å²) in [7, 11) is 1.74. The lowest BCUT2D eigenvalue weighted by Gasteiger charge is -2.38. The molecule has 0 aliphatic carbocycles. The van der Waals surface area contributed by atoms with E-state index in [1.54, 1.807) is 13.1 Å². The molecular formula is C17H25FIN3O. The van der Waals surface area contributed by atoms with Crippen molar-refractivity contribution in [3.05, 3.63) is 48.3 Å². The molecule has 0 bridgehead atoms. The van der Waals surface area contributed by atoms with Crippen molar-refractivity contribution >= 4 is 29.9 Å². The molecule has 0 saturated carbocycles. The summed E-state index contributed by atoms with van der Waals surface area (Å²) in [6.45, 7) is 6.52. The Hall–Kier alpha value is -1.15. The predicted molar refractivity (Wildman–Crippen MR) is 103 cm³/mol. The molecular weight excluding hydrogens is 408 g/mol. The molecule has 0 unspecified atom stereocenters. The number of ether oxygens (including phenoxy) is 1. The number of nitrogens with zero attached hydrogens (tertiary/aromatic N) is 1. The van der Waals surface area contributed by atoms with Gasteiger partial charge in [0, 0.05) is 38.8 Å². The quantitative estimate of drug-likeness (QED) is 0.325. The van der Waals surface area contributed by atoms with Gasteiger partial charge in [-0.2, -0.15) is 0 Å². The van der Waals surface area contributed by atoms with Gasteiger partial charge in [-0.15, -0.1) is 30.6 Å². The Balaban J connectivity index is 0.00000264. The van der Waals surface area contributed by atoms with Crippen LogP contribution in [0.5, 0.6) is 0 Å². The fourth-order valence-corrected chi connectivity index (χ4v) is 2.78. The molecule has 1 aromatic carbocycles. The van der Waals surface area contributed by atoms with Gasteiger partial charge in [0.05, 0.1) is 0 Å². The van der Waals surface area contributed by atoms with Gasteiger partial charge in [-0.05, 0) is 30.5 Å². The van der Waals surface area contributed by atoms with E-state index in [9.17, 15) is 4.39 Å². The van der Waals surface area contributed by atoms with Crippen molar-refractivity contribution in [2.24, 2.45) is 4.99 Å². The topological polar surface area (TPSA) is 45.7 Å². The number of guanidine groups is 1. The first-order valence-corrected chi connectivity index (χ1v) is 7.59. The summed E-state index contributed by atoms with van der Waals surface area (Å²) < 4.78 is 18.7. The van der Waals surface area contributed by atoms with Crippen molar-refractivity contribution in [2.45, 2.75) is 18.3 Å². The van der Waals surface area contributed by atoms with Crippen LogP contribution in [0.15, 0.2) is 41.9 Å². The highest BCUT2D eigenvalue weighted by atomic mass is 127. The molecule has 128 valence electrons. The zero-order chi connectivity index (χ0) is 15.8. The van der Waals surface area contributed by atoms with Crippen LogP contribution in [0.3, 0.4) is 0 Å². The van der Waals surface area contributed by atoms with Crippen LogP contribution in [0.4, 0.5) is 4.39 Å². The van der Waals surface area contributed by atoms with Gasteiger partial charge in [-0.25, -0.2) is 4.39 Å². The maximum atomic E-state index is 13.2. The summed E-state index contributed by atoms with van der Waals surface area (Å²) in [5.74, 6) is 0.537. The molecule has 0 amide bonds. The standard InChI is InChI=1S/C17H24FN3O.HI/c1-3-10-20-16(19-2)21-13-17(8-11-22-12-9-17)14-4-6-15(18)7-5-14;/h3-7H,1,8-13H2,2H3,(H2,19,20,21);1H. The molecule has 23 heavy (non-hydrogen) atoms. The van der Waals surface area contributed by atoms with Crippen molar-refractivity contribution in [1.82, 2.24) is 10.6 Å². The lowest BCUT2D eigenvalue weighted by atomic mass is 9.74. The zero-order valence-corrected chi connectivity index (χ0v) is 15.8. The van der Waals surface area contributed by atoms with E-state index in [-0.39, 0.29) is 35.2 Å². The second kappa shape index (κ2) is 9.87. The van der Waals surface area contributed by atoms with E-state index in [1.807, 2.05) is 12.1 Å².